The maximum absolute atomic E-state index is 13.1. The van der Waals surface area contributed by atoms with E-state index < -0.39 is 0 Å². The summed E-state index contributed by atoms with van der Waals surface area (Å²) in [5, 5.41) is 2.77. The molecule has 0 aliphatic carbocycles. The van der Waals surface area contributed by atoms with Gasteiger partial charge in [0.05, 0.1) is 22.7 Å². The van der Waals surface area contributed by atoms with Crippen molar-refractivity contribution in [1.82, 2.24) is 9.38 Å². The first-order valence-corrected chi connectivity index (χ1v) is 11.9. The van der Waals surface area contributed by atoms with Gasteiger partial charge in [-0.05, 0) is 48.0 Å². The molecule has 9 heteroatoms. The summed E-state index contributed by atoms with van der Waals surface area (Å²) in [6.45, 7) is -0.180. The largest absolute Gasteiger partial charge is 0.493 e. The molecule has 0 fully saturated rings. The average molecular weight is 536 g/mol. The third-order valence-electron chi connectivity index (χ3n) is 5.13. The van der Waals surface area contributed by atoms with Crippen LogP contribution in [0.1, 0.15) is 5.56 Å². The summed E-state index contributed by atoms with van der Waals surface area (Å²) < 4.78 is 14.0. The molecule has 5 rings (SSSR count). The lowest BCUT2D eigenvalue weighted by Crippen LogP contribution is -2.22. The normalized spacial score (nSPS) is 11.8. The third-order valence-corrected chi connectivity index (χ3v) is 6.79. The highest BCUT2D eigenvalue weighted by Crippen LogP contribution is 2.34. The van der Waals surface area contributed by atoms with Gasteiger partial charge in [0.2, 0.25) is 0 Å². The molecule has 0 bridgehead atoms. The fourth-order valence-electron chi connectivity index (χ4n) is 3.55. The van der Waals surface area contributed by atoms with Gasteiger partial charge in [0.15, 0.2) is 23.1 Å². The van der Waals surface area contributed by atoms with Crippen LogP contribution in [0.2, 0.25) is 0 Å². The molecule has 0 aliphatic rings. The predicted molar refractivity (Wildman–Crippen MR) is 137 cm³/mol. The van der Waals surface area contributed by atoms with Crippen molar-refractivity contribution >= 4 is 60.9 Å². The number of imidazole rings is 1. The van der Waals surface area contributed by atoms with E-state index >= 15 is 0 Å². The summed E-state index contributed by atoms with van der Waals surface area (Å²) in [5.41, 5.74) is 2.88. The Balaban J connectivity index is 1.42. The highest BCUT2D eigenvalue weighted by molar-refractivity contribution is 9.10. The number of fused-ring (bicyclic) bond motifs is 3. The van der Waals surface area contributed by atoms with Crippen LogP contribution in [0, 0.1) is 0 Å². The standard InChI is InChI=1S/C25H18BrN3O4S/c1-32-20-11-15(12-22-24(31)29-19-10-6-5-9-18(19)28-25(29)34-22)17(26)13-21(20)33-14-23(30)27-16-7-3-2-4-8-16/h2-13H,14H2,1H3,(H,27,30)/b22-12-. The number of carbonyl (C=O) groups is 1. The Labute approximate surface area is 206 Å². The number of aromatic nitrogens is 2. The molecular formula is C25H18BrN3O4S. The van der Waals surface area contributed by atoms with E-state index in [4.69, 9.17) is 9.47 Å². The lowest BCUT2D eigenvalue weighted by Gasteiger charge is -2.13. The number of nitrogens with one attached hydrogen (secondary N) is 1. The molecular weight excluding hydrogens is 518 g/mol. The first-order valence-electron chi connectivity index (χ1n) is 10.3. The number of ether oxygens (including phenoxy) is 2. The number of amides is 1. The molecule has 34 heavy (non-hydrogen) atoms. The van der Waals surface area contributed by atoms with E-state index in [1.807, 2.05) is 42.5 Å². The number of para-hydroxylation sites is 3. The van der Waals surface area contributed by atoms with Crippen LogP contribution in [0.4, 0.5) is 5.69 Å². The third kappa shape index (κ3) is 4.27. The van der Waals surface area contributed by atoms with Crippen molar-refractivity contribution in [3.05, 3.63) is 91.7 Å². The highest BCUT2D eigenvalue weighted by Gasteiger charge is 2.14. The molecule has 0 saturated carbocycles. The van der Waals surface area contributed by atoms with E-state index in [0.29, 0.717) is 31.2 Å². The zero-order valence-electron chi connectivity index (χ0n) is 17.9. The fraction of sp³-hybridized carbons (Fsp3) is 0.0800. The number of anilines is 1. The second kappa shape index (κ2) is 9.28. The van der Waals surface area contributed by atoms with Gasteiger partial charge in [-0.15, -0.1) is 0 Å². The Morgan fingerprint density at radius 1 is 1.12 bits per heavy atom. The van der Waals surface area contributed by atoms with E-state index in [1.54, 1.807) is 34.7 Å². The van der Waals surface area contributed by atoms with E-state index in [2.05, 4.69) is 26.2 Å². The van der Waals surface area contributed by atoms with Crippen molar-refractivity contribution in [3.8, 4) is 11.5 Å². The molecule has 0 aliphatic heterocycles. The summed E-state index contributed by atoms with van der Waals surface area (Å²) in [6.07, 6.45) is 1.79. The van der Waals surface area contributed by atoms with Crippen LogP contribution in [0.5, 0.6) is 11.5 Å². The number of carbonyl (C=O) groups excluding carboxylic acids is 1. The lowest BCUT2D eigenvalue weighted by atomic mass is 10.2. The Morgan fingerprint density at radius 3 is 2.68 bits per heavy atom. The molecule has 0 spiro atoms. The first-order chi connectivity index (χ1) is 16.5. The monoisotopic (exact) mass is 535 g/mol. The first kappa shape index (κ1) is 22.1. The van der Waals surface area contributed by atoms with E-state index in [-0.39, 0.29) is 18.1 Å². The Kier molecular flexibility index (Phi) is 6.04. The van der Waals surface area contributed by atoms with E-state index in [1.165, 1.54) is 18.4 Å². The van der Waals surface area contributed by atoms with Crippen molar-refractivity contribution < 1.29 is 14.3 Å². The van der Waals surface area contributed by atoms with Crippen LogP contribution in [-0.4, -0.2) is 29.0 Å². The van der Waals surface area contributed by atoms with Crippen molar-refractivity contribution in [1.29, 1.82) is 0 Å². The molecule has 0 radical (unpaired) electrons. The molecule has 3 aromatic carbocycles. The molecule has 7 nitrogen and oxygen atoms in total. The van der Waals surface area contributed by atoms with Gasteiger partial charge in [-0.25, -0.2) is 9.38 Å². The fourth-order valence-corrected chi connectivity index (χ4v) is 4.96. The minimum atomic E-state index is -0.287. The van der Waals surface area contributed by atoms with Gasteiger partial charge in [-0.1, -0.05) is 57.6 Å². The van der Waals surface area contributed by atoms with Crippen LogP contribution < -0.4 is 24.9 Å². The van der Waals surface area contributed by atoms with Gasteiger partial charge in [0, 0.05) is 10.2 Å². The number of methoxy groups -OCH3 is 1. The number of benzene rings is 3. The molecule has 1 amide bonds. The maximum atomic E-state index is 13.1. The molecule has 0 saturated heterocycles. The molecule has 1 N–H and O–H groups in total. The Morgan fingerprint density at radius 2 is 1.88 bits per heavy atom. The van der Waals surface area contributed by atoms with Gasteiger partial charge < -0.3 is 14.8 Å². The average Bonchev–Trinajstić information content (AvgIpc) is 3.35. The molecule has 2 heterocycles. The smallest absolute Gasteiger partial charge is 0.274 e. The van der Waals surface area contributed by atoms with Crippen molar-refractivity contribution in [2.75, 3.05) is 19.0 Å². The van der Waals surface area contributed by atoms with Crippen LogP contribution in [0.15, 0.2) is 76.0 Å². The number of nitrogens with zero attached hydrogens (tertiary/aromatic N) is 2. The van der Waals surface area contributed by atoms with Crippen molar-refractivity contribution in [2.45, 2.75) is 0 Å². The minimum absolute atomic E-state index is 0.127. The number of hydrogen-bond donors (Lipinski definition) is 1. The summed E-state index contributed by atoms with van der Waals surface area (Å²) >= 11 is 4.86. The number of halogens is 1. The van der Waals surface area contributed by atoms with Crippen LogP contribution >= 0.6 is 27.3 Å². The zero-order chi connectivity index (χ0) is 23.7. The maximum Gasteiger partial charge on any atom is 0.274 e. The predicted octanol–water partition coefficient (Wildman–Crippen LogP) is 4.25. The molecule has 170 valence electrons. The number of hydrogen-bond acceptors (Lipinski definition) is 6. The SMILES string of the molecule is COc1cc(/C=c2\sc3nc4ccccc4n3c2=O)c(Br)cc1OCC(=O)Nc1ccccc1. The lowest BCUT2D eigenvalue weighted by molar-refractivity contribution is -0.118. The summed E-state index contributed by atoms with van der Waals surface area (Å²) in [6, 6.07) is 20.2. The van der Waals surface area contributed by atoms with Gasteiger partial charge >= 0.3 is 0 Å². The quantitative estimate of drug-likeness (QED) is 0.351. The van der Waals surface area contributed by atoms with E-state index in [0.717, 1.165) is 16.6 Å². The number of thiazole rings is 1. The van der Waals surface area contributed by atoms with Gasteiger partial charge in [-0.2, -0.15) is 0 Å². The van der Waals surface area contributed by atoms with Crippen LogP contribution in [0.25, 0.3) is 22.1 Å². The van der Waals surface area contributed by atoms with Gasteiger partial charge in [0.25, 0.3) is 11.5 Å². The molecule has 0 unspecified atom stereocenters. The zero-order valence-corrected chi connectivity index (χ0v) is 20.4. The van der Waals surface area contributed by atoms with Crippen LogP contribution in [-0.2, 0) is 4.79 Å². The molecule has 2 aromatic heterocycles. The van der Waals surface area contributed by atoms with Gasteiger partial charge in [-0.3, -0.25) is 9.59 Å². The second-order valence-corrected chi connectivity index (χ2v) is 9.23. The van der Waals surface area contributed by atoms with Gasteiger partial charge in [0.1, 0.15) is 0 Å². The van der Waals surface area contributed by atoms with Crippen molar-refractivity contribution in [3.63, 3.8) is 0 Å². The topological polar surface area (TPSA) is 81.9 Å². The van der Waals surface area contributed by atoms with Crippen molar-refractivity contribution in [2.24, 2.45) is 0 Å². The minimum Gasteiger partial charge on any atom is -0.493 e. The Hall–Kier alpha value is -3.69. The Bertz CT molecular complexity index is 1630. The van der Waals surface area contributed by atoms with Crippen LogP contribution in [0.3, 0.4) is 0 Å². The summed E-state index contributed by atoms with van der Waals surface area (Å²) in [4.78, 5) is 30.5. The molecule has 5 aromatic rings. The highest BCUT2D eigenvalue weighted by atomic mass is 79.9. The number of rotatable bonds is 6. The van der Waals surface area contributed by atoms with E-state index in [9.17, 15) is 9.59 Å². The summed E-state index contributed by atoms with van der Waals surface area (Å²) in [7, 11) is 1.52. The summed E-state index contributed by atoms with van der Waals surface area (Å²) in [5.74, 6) is 0.565. The second-order valence-electron chi connectivity index (χ2n) is 7.36. The molecule has 0 atom stereocenters.